The molecule has 0 aliphatic rings. The van der Waals surface area contributed by atoms with Gasteiger partial charge in [0.1, 0.15) is 6.04 Å². The third kappa shape index (κ3) is 8.23. The summed E-state index contributed by atoms with van der Waals surface area (Å²) in [7, 11) is 0. The Morgan fingerprint density at radius 2 is 1.63 bits per heavy atom. The molecule has 0 aromatic heterocycles. The van der Waals surface area contributed by atoms with Crippen LogP contribution in [0, 0.1) is 5.92 Å². The zero-order valence-electron chi connectivity index (χ0n) is 18.6. The molecule has 166 valence electrons. The van der Waals surface area contributed by atoms with Gasteiger partial charge in [-0.2, -0.15) is 0 Å². The molecule has 1 aromatic carbocycles. The summed E-state index contributed by atoms with van der Waals surface area (Å²) in [6.45, 7) is 11.4. The molecule has 0 spiro atoms. The van der Waals surface area contributed by atoms with Crippen LogP contribution in [-0.2, 0) is 19.7 Å². The molecule has 1 aromatic rings. The van der Waals surface area contributed by atoms with Crippen LogP contribution < -0.4 is 16.0 Å². The summed E-state index contributed by atoms with van der Waals surface area (Å²) < 4.78 is 4.99. The van der Waals surface area contributed by atoms with Crippen molar-refractivity contribution in [3.05, 3.63) is 35.4 Å². The number of carbonyl (C=O) groups is 4. The summed E-state index contributed by atoms with van der Waals surface area (Å²) in [5.74, 6) is -2.15. The summed E-state index contributed by atoms with van der Waals surface area (Å²) >= 11 is 0. The molecular formula is C22H33N3O5. The number of imide groups is 1. The molecule has 8 nitrogen and oxygen atoms in total. The first-order chi connectivity index (χ1) is 14.0. The van der Waals surface area contributed by atoms with Crippen LogP contribution >= 0.6 is 0 Å². The number of hydrogen-bond donors (Lipinski definition) is 3. The Labute approximate surface area is 178 Å². The van der Waals surface area contributed by atoms with Gasteiger partial charge in [0, 0.05) is 12.1 Å². The topological polar surface area (TPSA) is 114 Å². The fourth-order valence-electron chi connectivity index (χ4n) is 2.52. The number of amides is 4. The molecule has 4 amide bonds. The van der Waals surface area contributed by atoms with Gasteiger partial charge in [0.05, 0.1) is 0 Å². The SMILES string of the molecule is CCCNC(=O)NC(=O)COC(=O)C(NC(=O)c1ccc(C(C)(C)C)cc1)C(C)C. The van der Waals surface area contributed by atoms with E-state index in [0.717, 1.165) is 12.0 Å². The maximum atomic E-state index is 12.6. The molecule has 0 bridgehead atoms. The van der Waals surface area contributed by atoms with E-state index >= 15 is 0 Å². The van der Waals surface area contributed by atoms with Crippen molar-refractivity contribution in [1.82, 2.24) is 16.0 Å². The minimum absolute atomic E-state index is 0.0344. The normalized spacial score (nSPS) is 12.1. The van der Waals surface area contributed by atoms with Crippen molar-refractivity contribution in [2.75, 3.05) is 13.2 Å². The van der Waals surface area contributed by atoms with Gasteiger partial charge in [-0.05, 0) is 35.4 Å². The second-order valence-corrected chi connectivity index (χ2v) is 8.43. The standard InChI is InChI=1S/C22H33N3O5/c1-7-12-23-21(29)24-17(26)13-30-20(28)18(14(2)3)25-19(27)15-8-10-16(11-9-15)22(4,5)6/h8-11,14,18H,7,12-13H2,1-6H3,(H,25,27)(H2,23,24,26,29). The first kappa shape index (κ1) is 25.1. The first-order valence-electron chi connectivity index (χ1n) is 10.1. The summed E-state index contributed by atoms with van der Waals surface area (Å²) in [6.07, 6.45) is 0.727. The minimum Gasteiger partial charge on any atom is -0.454 e. The average molecular weight is 420 g/mol. The Bertz CT molecular complexity index is 751. The van der Waals surface area contributed by atoms with Crippen molar-refractivity contribution >= 4 is 23.8 Å². The van der Waals surface area contributed by atoms with Crippen LogP contribution in [0.1, 0.15) is 63.9 Å². The largest absolute Gasteiger partial charge is 0.454 e. The molecule has 1 atom stereocenters. The molecular weight excluding hydrogens is 386 g/mol. The van der Waals surface area contributed by atoms with Crippen molar-refractivity contribution in [3.8, 4) is 0 Å². The maximum Gasteiger partial charge on any atom is 0.329 e. The Morgan fingerprint density at radius 3 is 2.13 bits per heavy atom. The highest BCUT2D eigenvalue weighted by atomic mass is 16.5. The van der Waals surface area contributed by atoms with Crippen LogP contribution in [0.4, 0.5) is 4.79 Å². The van der Waals surface area contributed by atoms with Gasteiger partial charge in [0.15, 0.2) is 6.61 Å². The fraction of sp³-hybridized carbons (Fsp3) is 0.545. The van der Waals surface area contributed by atoms with Crippen molar-refractivity contribution in [2.24, 2.45) is 5.92 Å². The maximum absolute atomic E-state index is 12.6. The lowest BCUT2D eigenvalue weighted by Gasteiger charge is -2.22. The lowest BCUT2D eigenvalue weighted by atomic mass is 9.86. The second-order valence-electron chi connectivity index (χ2n) is 8.43. The molecule has 30 heavy (non-hydrogen) atoms. The number of benzene rings is 1. The third-order valence-electron chi connectivity index (χ3n) is 4.35. The quantitative estimate of drug-likeness (QED) is 0.560. The molecule has 0 heterocycles. The first-order valence-corrected chi connectivity index (χ1v) is 10.1. The lowest BCUT2D eigenvalue weighted by Crippen LogP contribution is -2.47. The molecule has 0 radical (unpaired) electrons. The van der Waals surface area contributed by atoms with E-state index in [9.17, 15) is 19.2 Å². The Morgan fingerprint density at radius 1 is 1.03 bits per heavy atom. The van der Waals surface area contributed by atoms with Crippen molar-refractivity contribution in [2.45, 2.75) is 59.4 Å². The van der Waals surface area contributed by atoms with Gasteiger partial charge in [-0.3, -0.25) is 14.9 Å². The molecule has 8 heteroatoms. The third-order valence-corrected chi connectivity index (χ3v) is 4.35. The van der Waals surface area contributed by atoms with Gasteiger partial charge < -0.3 is 15.4 Å². The highest BCUT2D eigenvalue weighted by Gasteiger charge is 2.27. The van der Waals surface area contributed by atoms with E-state index in [1.807, 2.05) is 19.1 Å². The zero-order valence-corrected chi connectivity index (χ0v) is 18.6. The van der Waals surface area contributed by atoms with Gasteiger partial charge in [0.2, 0.25) is 0 Å². The van der Waals surface area contributed by atoms with Crippen molar-refractivity contribution in [1.29, 1.82) is 0 Å². The Balaban J connectivity index is 2.66. The molecule has 0 aliphatic heterocycles. The van der Waals surface area contributed by atoms with Gasteiger partial charge in [-0.25, -0.2) is 9.59 Å². The van der Waals surface area contributed by atoms with Gasteiger partial charge in [-0.15, -0.1) is 0 Å². The van der Waals surface area contributed by atoms with Crippen molar-refractivity contribution < 1.29 is 23.9 Å². The van der Waals surface area contributed by atoms with Crippen LogP contribution in [0.5, 0.6) is 0 Å². The van der Waals surface area contributed by atoms with Crippen LogP contribution in [0.15, 0.2) is 24.3 Å². The number of carbonyl (C=O) groups excluding carboxylic acids is 4. The summed E-state index contributed by atoms with van der Waals surface area (Å²) in [5.41, 5.74) is 1.48. The highest BCUT2D eigenvalue weighted by molar-refractivity contribution is 5.98. The van der Waals surface area contributed by atoms with E-state index in [1.54, 1.807) is 26.0 Å². The molecule has 3 N–H and O–H groups in total. The summed E-state index contributed by atoms with van der Waals surface area (Å²) in [6, 6.07) is 5.60. The molecule has 0 fully saturated rings. The summed E-state index contributed by atoms with van der Waals surface area (Å²) in [5, 5.41) is 7.21. The monoisotopic (exact) mass is 419 g/mol. The Kier molecular flexibility index (Phi) is 9.49. The van der Waals surface area contributed by atoms with E-state index in [-0.39, 0.29) is 11.3 Å². The number of esters is 1. The molecule has 0 saturated heterocycles. The van der Waals surface area contributed by atoms with E-state index in [4.69, 9.17) is 4.74 Å². The van der Waals surface area contributed by atoms with E-state index in [1.165, 1.54) is 0 Å². The number of hydrogen-bond acceptors (Lipinski definition) is 5. The van der Waals surface area contributed by atoms with Crippen molar-refractivity contribution in [3.63, 3.8) is 0 Å². The summed E-state index contributed by atoms with van der Waals surface area (Å²) in [4.78, 5) is 48.1. The fourth-order valence-corrected chi connectivity index (χ4v) is 2.52. The lowest BCUT2D eigenvalue weighted by molar-refractivity contribution is -0.151. The number of ether oxygens (including phenoxy) is 1. The zero-order chi connectivity index (χ0) is 22.9. The van der Waals surface area contributed by atoms with Gasteiger partial charge >= 0.3 is 12.0 Å². The minimum atomic E-state index is -0.929. The molecule has 1 rings (SSSR count). The van der Waals surface area contributed by atoms with E-state index in [0.29, 0.717) is 12.1 Å². The smallest absolute Gasteiger partial charge is 0.329 e. The second kappa shape index (κ2) is 11.3. The molecule has 0 saturated carbocycles. The van der Waals surface area contributed by atoms with E-state index < -0.39 is 36.5 Å². The number of urea groups is 1. The van der Waals surface area contributed by atoms with Gasteiger partial charge in [0.25, 0.3) is 11.8 Å². The number of rotatable bonds is 8. The van der Waals surface area contributed by atoms with Crippen LogP contribution in [-0.4, -0.2) is 43.0 Å². The van der Waals surface area contributed by atoms with Crippen LogP contribution in [0.2, 0.25) is 0 Å². The predicted molar refractivity (Wildman–Crippen MR) is 114 cm³/mol. The molecule has 1 unspecified atom stereocenters. The predicted octanol–water partition coefficient (Wildman–Crippen LogP) is 2.52. The highest BCUT2D eigenvalue weighted by Crippen LogP contribution is 2.22. The molecule has 0 aliphatic carbocycles. The van der Waals surface area contributed by atoms with Crippen LogP contribution in [0.25, 0.3) is 0 Å². The van der Waals surface area contributed by atoms with Gasteiger partial charge in [-0.1, -0.05) is 53.7 Å². The Hall–Kier alpha value is -2.90. The van der Waals surface area contributed by atoms with Crippen LogP contribution in [0.3, 0.4) is 0 Å². The van der Waals surface area contributed by atoms with E-state index in [2.05, 4.69) is 36.7 Å². The number of nitrogens with one attached hydrogen (secondary N) is 3. The average Bonchev–Trinajstić information content (AvgIpc) is 2.67.